The van der Waals surface area contributed by atoms with E-state index in [9.17, 15) is 0 Å². The first-order valence-electron chi connectivity index (χ1n) is 6.75. The minimum Gasteiger partial charge on any atom is -0.327 e. The van der Waals surface area contributed by atoms with Crippen LogP contribution in [0.5, 0.6) is 0 Å². The van der Waals surface area contributed by atoms with Gasteiger partial charge in [-0.25, -0.2) is 0 Å². The van der Waals surface area contributed by atoms with Gasteiger partial charge >= 0.3 is 0 Å². The molecule has 0 aliphatic rings. The summed E-state index contributed by atoms with van der Waals surface area (Å²) in [7, 11) is 0. The van der Waals surface area contributed by atoms with E-state index >= 15 is 0 Å². The van der Waals surface area contributed by atoms with Crippen LogP contribution >= 0.6 is 11.8 Å². The summed E-state index contributed by atoms with van der Waals surface area (Å²) < 4.78 is 0. The molecule has 0 radical (unpaired) electrons. The summed E-state index contributed by atoms with van der Waals surface area (Å²) in [6.45, 7) is 13.3. The van der Waals surface area contributed by atoms with Crippen molar-refractivity contribution in [1.29, 1.82) is 0 Å². The normalized spacial score (nSPS) is 15.5. The molecule has 0 heterocycles. The molecule has 2 heteroatoms. The molecule has 18 heavy (non-hydrogen) atoms. The van der Waals surface area contributed by atoms with Crippen molar-refractivity contribution in [3.05, 3.63) is 29.3 Å². The van der Waals surface area contributed by atoms with Crippen LogP contribution in [0.1, 0.15) is 45.2 Å². The molecule has 0 saturated carbocycles. The van der Waals surface area contributed by atoms with Crippen LogP contribution in [0.25, 0.3) is 0 Å². The Morgan fingerprint density at radius 2 is 1.78 bits per heavy atom. The lowest BCUT2D eigenvalue weighted by atomic mass is 9.87. The van der Waals surface area contributed by atoms with E-state index in [4.69, 9.17) is 5.73 Å². The molecule has 0 bridgehead atoms. The molecule has 0 spiro atoms. The molecule has 0 amide bonds. The van der Waals surface area contributed by atoms with Gasteiger partial charge in [-0.15, -0.1) is 11.8 Å². The van der Waals surface area contributed by atoms with E-state index in [2.05, 4.69) is 59.7 Å². The van der Waals surface area contributed by atoms with Crippen LogP contribution in [-0.4, -0.2) is 11.3 Å². The smallest absolute Gasteiger partial charge is 0.0294 e. The molecular weight excluding hydrogens is 238 g/mol. The topological polar surface area (TPSA) is 26.0 Å². The minimum atomic E-state index is 0.221. The second-order valence-electron chi connectivity index (χ2n) is 6.22. The van der Waals surface area contributed by atoms with E-state index in [1.807, 2.05) is 11.8 Å². The lowest BCUT2D eigenvalue weighted by Crippen LogP contribution is -2.40. The Morgan fingerprint density at radius 1 is 1.17 bits per heavy atom. The summed E-state index contributed by atoms with van der Waals surface area (Å²) >= 11 is 1.93. The molecule has 1 rings (SSSR count). The van der Waals surface area contributed by atoms with E-state index in [0.29, 0.717) is 5.25 Å². The van der Waals surface area contributed by atoms with Gasteiger partial charge in [-0.3, -0.25) is 0 Å². The average Bonchev–Trinajstić information content (AvgIpc) is 2.28. The third-order valence-electron chi connectivity index (χ3n) is 3.46. The van der Waals surface area contributed by atoms with Crippen molar-refractivity contribution in [2.45, 2.75) is 64.2 Å². The molecule has 102 valence electrons. The van der Waals surface area contributed by atoms with Crippen LogP contribution in [0, 0.1) is 19.3 Å². The Labute approximate surface area is 117 Å². The van der Waals surface area contributed by atoms with Gasteiger partial charge in [0.1, 0.15) is 0 Å². The van der Waals surface area contributed by atoms with Crippen LogP contribution in [0.3, 0.4) is 0 Å². The van der Waals surface area contributed by atoms with Crippen molar-refractivity contribution < 1.29 is 0 Å². The van der Waals surface area contributed by atoms with E-state index < -0.39 is 0 Å². The standard InChI is InChI=1S/C16H27NS/c1-7-14(17)15(16(4,5)6)18-13-9-8-11(2)12(3)10-13/h8-10,14-15H,7,17H2,1-6H3. The summed E-state index contributed by atoms with van der Waals surface area (Å²) in [6, 6.07) is 6.95. The van der Waals surface area contributed by atoms with Crippen LogP contribution in [0.15, 0.2) is 23.1 Å². The number of rotatable bonds is 4. The third-order valence-corrected chi connectivity index (χ3v) is 5.29. The summed E-state index contributed by atoms with van der Waals surface area (Å²) in [6.07, 6.45) is 1.03. The molecule has 0 fully saturated rings. The van der Waals surface area contributed by atoms with Gasteiger partial charge in [-0.05, 0) is 48.9 Å². The van der Waals surface area contributed by atoms with Crippen molar-refractivity contribution in [3.63, 3.8) is 0 Å². The Morgan fingerprint density at radius 3 is 2.22 bits per heavy atom. The van der Waals surface area contributed by atoms with Gasteiger partial charge in [0.15, 0.2) is 0 Å². The molecule has 2 unspecified atom stereocenters. The van der Waals surface area contributed by atoms with Crippen LogP contribution < -0.4 is 5.73 Å². The Hall–Kier alpha value is -0.470. The fourth-order valence-corrected chi connectivity index (χ4v) is 3.46. The number of benzene rings is 1. The van der Waals surface area contributed by atoms with Gasteiger partial charge < -0.3 is 5.73 Å². The SMILES string of the molecule is CCC(N)C(Sc1ccc(C)c(C)c1)C(C)(C)C. The fourth-order valence-electron chi connectivity index (χ4n) is 2.05. The highest BCUT2D eigenvalue weighted by molar-refractivity contribution is 8.00. The number of aryl methyl sites for hydroxylation is 2. The first-order chi connectivity index (χ1) is 8.25. The second kappa shape index (κ2) is 6.12. The van der Waals surface area contributed by atoms with Crippen LogP contribution in [-0.2, 0) is 0 Å². The molecule has 2 atom stereocenters. The number of thioether (sulfide) groups is 1. The predicted molar refractivity (Wildman–Crippen MR) is 83.3 cm³/mol. The maximum absolute atomic E-state index is 6.30. The maximum Gasteiger partial charge on any atom is 0.0294 e. The lowest BCUT2D eigenvalue weighted by molar-refractivity contribution is 0.350. The molecule has 0 aromatic heterocycles. The Balaban J connectivity index is 2.93. The highest BCUT2D eigenvalue weighted by Gasteiger charge is 2.30. The summed E-state index contributed by atoms with van der Waals surface area (Å²) in [5.74, 6) is 0. The van der Waals surface area contributed by atoms with Crippen LogP contribution in [0.4, 0.5) is 0 Å². The van der Waals surface area contributed by atoms with Crippen LogP contribution in [0.2, 0.25) is 0 Å². The largest absolute Gasteiger partial charge is 0.327 e. The number of hydrogen-bond donors (Lipinski definition) is 1. The molecule has 1 nitrogen and oxygen atoms in total. The maximum atomic E-state index is 6.30. The third kappa shape index (κ3) is 4.03. The van der Waals surface area contributed by atoms with E-state index in [0.717, 1.165) is 6.42 Å². The lowest BCUT2D eigenvalue weighted by Gasteiger charge is -2.34. The first kappa shape index (κ1) is 15.6. The van der Waals surface area contributed by atoms with Crippen molar-refractivity contribution in [3.8, 4) is 0 Å². The predicted octanol–water partition coefficient (Wildman–Crippen LogP) is 4.55. The highest BCUT2D eigenvalue weighted by atomic mass is 32.2. The molecule has 2 N–H and O–H groups in total. The van der Waals surface area contributed by atoms with Crippen molar-refractivity contribution in [2.75, 3.05) is 0 Å². The van der Waals surface area contributed by atoms with Gasteiger partial charge in [0, 0.05) is 16.2 Å². The quantitative estimate of drug-likeness (QED) is 0.808. The number of hydrogen-bond acceptors (Lipinski definition) is 2. The highest BCUT2D eigenvalue weighted by Crippen LogP contribution is 2.38. The molecule has 0 saturated heterocycles. The van der Waals surface area contributed by atoms with Crippen molar-refractivity contribution in [2.24, 2.45) is 11.1 Å². The summed E-state index contributed by atoms with van der Waals surface area (Å²) in [5, 5.41) is 0.449. The van der Waals surface area contributed by atoms with Gasteiger partial charge in [0.05, 0.1) is 0 Å². The Bertz CT molecular complexity index is 393. The Kier molecular flexibility index (Phi) is 5.30. The molecule has 1 aromatic carbocycles. The molecular formula is C16H27NS. The van der Waals surface area contributed by atoms with Gasteiger partial charge in [0.25, 0.3) is 0 Å². The zero-order valence-corrected chi connectivity index (χ0v) is 13.4. The molecule has 0 aliphatic carbocycles. The first-order valence-corrected chi connectivity index (χ1v) is 7.63. The average molecular weight is 265 g/mol. The van der Waals surface area contributed by atoms with Gasteiger partial charge in [-0.1, -0.05) is 33.8 Å². The minimum absolute atomic E-state index is 0.221. The zero-order valence-electron chi connectivity index (χ0n) is 12.6. The van der Waals surface area contributed by atoms with Crippen molar-refractivity contribution in [1.82, 2.24) is 0 Å². The monoisotopic (exact) mass is 265 g/mol. The second-order valence-corrected chi connectivity index (χ2v) is 7.44. The summed E-state index contributed by atoms with van der Waals surface area (Å²) in [5.41, 5.74) is 9.23. The van der Waals surface area contributed by atoms with Gasteiger partial charge in [-0.2, -0.15) is 0 Å². The zero-order chi connectivity index (χ0) is 13.9. The fraction of sp³-hybridized carbons (Fsp3) is 0.625. The van der Waals surface area contributed by atoms with Crippen molar-refractivity contribution >= 4 is 11.8 Å². The molecule has 0 aliphatic heterocycles. The van der Waals surface area contributed by atoms with E-state index in [-0.39, 0.29) is 11.5 Å². The molecule has 1 aromatic rings. The number of nitrogens with two attached hydrogens (primary N) is 1. The van der Waals surface area contributed by atoms with E-state index in [1.54, 1.807) is 0 Å². The van der Waals surface area contributed by atoms with E-state index in [1.165, 1.54) is 16.0 Å². The summed E-state index contributed by atoms with van der Waals surface area (Å²) in [4.78, 5) is 1.34. The van der Waals surface area contributed by atoms with Gasteiger partial charge in [0.2, 0.25) is 0 Å².